The molecule has 14 rings (SSSR count). The average molecular weight is 1190 g/mol. The van der Waals surface area contributed by atoms with Crippen LogP contribution in [0, 0.1) is 13.2 Å². The maximum atomic E-state index is 10.7. The maximum Gasteiger partial charge on any atom is 0.269 e. The van der Waals surface area contributed by atoms with E-state index in [4.69, 9.17) is 33.0 Å². The van der Waals surface area contributed by atoms with Crippen LogP contribution in [-0.4, -0.2) is 14.1 Å². The Kier molecular flexibility index (Phi) is 8.81. The molecule has 0 aliphatic carbocycles. The molecule has 0 spiro atoms. The lowest BCUT2D eigenvalue weighted by atomic mass is 9.77. The second kappa shape index (κ2) is 22.7. The van der Waals surface area contributed by atoms with Crippen molar-refractivity contribution in [2.24, 2.45) is 0 Å². The van der Waals surface area contributed by atoms with Gasteiger partial charge in [-0.3, -0.25) is 13.7 Å². The highest BCUT2D eigenvalue weighted by Gasteiger charge is 2.28. The number of rotatable bonds is 11. The fourth-order valence-corrected chi connectivity index (χ4v) is 11.2. The molecule has 14 aromatic rings. The minimum Gasteiger partial charge on any atom is -0.458 e. The standard InChI is InChI=1S/C85H74N4O/c1-56-42-81(86-54-76(56)60-32-21-14-22-33-60)89-77-37-24-23-36-72(77)73-40-39-71(53-79(73)89)90-70-35-25-34-69(52-70)87-55-88(78-41-38-61(48-80(78)87)57-26-15-11-16-27-57)82-74(64-44-62(58-28-17-12-18-29-58)43-63(45-64)59-30-19-13-20-31-59)50-68(85(8,9)10)51-75(82)65-46-66(83(2,3)4)49-67(47-65)84(5,6)7/h11-54H,1-10H3/i1D3,11D,12D,13D,14D,15D,16D,17D,18D,19D,20D,21D,22D,26D,27D,28D,29D,30D,31D,32D,33D,43D,44D,45D. The highest BCUT2D eigenvalue weighted by Crippen LogP contribution is 2.45. The topological polar surface area (TPSA) is 35.9 Å². The number of aryl methyl sites for hydroxylation is 1. The normalized spacial score (nSPS) is 16.3. The third kappa shape index (κ3) is 11.0. The van der Waals surface area contributed by atoms with Crippen molar-refractivity contribution in [1.29, 1.82) is 0 Å². The summed E-state index contributed by atoms with van der Waals surface area (Å²) in [7, 11) is 0. The Labute approximate surface area is 566 Å². The summed E-state index contributed by atoms with van der Waals surface area (Å²) in [6, 6.07) is 18.8. The summed E-state index contributed by atoms with van der Waals surface area (Å²) >= 11 is 0. The van der Waals surface area contributed by atoms with E-state index in [1.807, 2.05) is 63.2 Å². The molecule has 0 saturated heterocycles. The molecule has 90 heavy (non-hydrogen) atoms. The molecule has 0 unspecified atom stereocenters. The highest BCUT2D eigenvalue weighted by molar-refractivity contribution is 6.09. The summed E-state index contributed by atoms with van der Waals surface area (Å²) in [6.07, 6.45) is 4.80. The molecule has 0 aliphatic heterocycles. The molecule has 3 heterocycles. The van der Waals surface area contributed by atoms with Gasteiger partial charge in [-0.25, -0.2) is 4.98 Å². The first-order chi connectivity index (χ1) is 54.2. The zero-order valence-electron chi connectivity index (χ0n) is 76.8. The van der Waals surface area contributed by atoms with Crippen molar-refractivity contribution in [3.05, 3.63) is 295 Å². The lowest BCUT2D eigenvalue weighted by Gasteiger charge is -2.29. The summed E-state index contributed by atoms with van der Waals surface area (Å²) < 4.78 is 248. The van der Waals surface area contributed by atoms with Gasteiger partial charge in [-0.05, 0) is 173 Å². The van der Waals surface area contributed by atoms with Gasteiger partial charge in [0.15, 0.2) is 0 Å². The van der Waals surface area contributed by atoms with Gasteiger partial charge in [-0.15, -0.1) is 0 Å². The lowest BCUT2D eigenvalue weighted by molar-refractivity contribution is -0.571. The van der Waals surface area contributed by atoms with Crippen molar-refractivity contribution < 1.29 is 44.9 Å². The number of benzene rings is 11. The molecule has 0 atom stereocenters. The van der Waals surface area contributed by atoms with E-state index in [2.05, 4.69) is 53.9 Å². The summed E-state index contributed by atoms with van der Waals surface area (Å²) in [5.41, 5.74) is -0.134. The Morgan fingerprint density at radius 1 is 0.433 bits per heavy atom. The van der Waals surface area contributed by atoms with Gasteiger partial charge in [0.1, 0.15) is 17.3 Å². The van der Waals surface area contributed by atoms with E-state index < -0.39 is 184 Å². The first kappa shape index (κ1) is 35.0. The van der Waals surface area contributed by atoms with E-state index in [0.717, 1.165) is 16.5 Å². The average Bonchev–Trinajstić information content (AvgIpc) is 1.11. The van der Waals surface area contributed by atoms with Crippen LogP contribution in [0.2, 0.25) is 0 Å². The van der Waals surface area contributed by atoms with Gasteiger partial charge in [0.05, 0.1) is 65.0 Å². The summed E-state index contributed by atoms with van der Waals surface area (Å²) in [5, 5.41) is 1.43. The Morgan fingerprint density at radius 2 is 0.978 bits per heavy atom. The minimum absolute atomic E-state index is 0.0119. The van der Waals surface area contributed by atoms with E-state index in [1.165, 1.54) is 12.3 Å². The van der Waals surface area contributed by atoms with E-state index in [-0.39, 0.29) is 73.0 Å². The Bertz CT molecular complexity index is 6350. The third-order valence-corrected chi connectivity index (χ3v) is 16.0. The minimum atomic E-state index is -2.90. The first-order valence-electron chi connectivity index (χ1n) is 42.3. The number of imidazole rings is 1. The Hall–Kier alpha value is -10.4. The molecule has 5 heteroatoms. The molecular weight excluding hydrogens is 1090 g/mol. The van der Waals surface area contributed by atoms with Crippen LogP contribution in [0.3, 0.4) is 0 Å². The van der Waals surface area contributed by atoms with Gasteiger partial charge in [0.25, 0.3) is 6.33 Å². The van der Waals surface area contributed by atoms with Gasteiger partial charge >= 0.3 is 0 Å². The van der Waals surface area contributed by atoms with Gasteiger partial charge in [-0.1, -0.05) is 250 Å². The van der Waals surface area contributed by atoms with Gasteiger partial charge < -0.3 is 4.74 Å². The van der Waals surface area contributed by atoms with Crippen LogP contribution >= 0.6 is 0 Å². The van der Waals surface area contributed by atoms with Crippen molar-refractivity contribution in [1.82, 2.24) is 14.1 Å². The maximum absolute atomic E-state index is 10.7. The van der Waals surface area contributed by atoms with Crippen molar-refractivity contribution in [3.63, 3.8) is 0 Å². The molecule has 5 nitrogen and oxygen atoms in total. The van der Waals surface area contributed by atoms with E-state index in [1.54, 1.807) is 80.4 Å². The summed E-state index contributed by atoms with van der Waals surface area (Å²) in [5.74, 6) is 0.583. The zero-order chi connectivity index (χ0) is 84.6. The quantitative estimate of drug-likeness (QED) is 0.0956. The van der Waals surface area contributed by atoms with E-state index in [9.17, 15) is 12.3 Å². The SMILES string of the molecule is [2H]c1c([2H])c([2H])c(-c2ccc3c(c2)n(-c2cccc(Oc4ccc5c6ccccc6n(-c6cc(C([2H])([2H])[2H])c(-c7c([2H])c([2H])c([2H])c([2H])c7[2H])cn6)c5c4)c2)[c-][n+]3-c2c(-c3cc(C(C)(C)C)cc(C(C)(C)C)c3)cc(C(C)(C)C)cc2-c2c([2H])c(-c3c([2H])c([2H])c([2H])c([2H])c3[2H])c([2H])c(-c3c([2H])c([2H])c([2H])c([2H])c3[2H])c2[2H])c([2H])c1[2H]. The second-order valence-corrected chi connectivity index (χ2v) is 25.2. The summed E-state index contributed by atoms with van der Waals surface area (Å²) in [4.78, 5) is 4.74. The summed E-state index contributed by atoms with van der Waals surface area (Å²) in [6.45, 7) is 15.3. The van der Waals surface area contributed by atoms with Crippen LogP contribution in [0.15, 0.2) is 266 Å². The van der Waals surface area contributed by atoms with Crippen molar-refractivity contribution in [3.8, 4) is 95.5 Å². The number of aromatic nitrogens is 4. The fourth-order valence-electron chi connectivity index (χ4n) is 11.2. The molecule has 0 amide bonds. The predicted molar refractivity (Wildman–Crippen MR) is 376 cm³/mol. The first-order valence-corrected chi connectivity index (χ1v) is 29.3. The van der Waals surface area contributed by atoms with Gasteiger partial charge in [-0.2, -0.15) is 0 Å². The predicted octanol–water partition coefficient (Wildman–Crippen LogP) is 22.2. The number of para-hydroxylation sites is 1. The number of pyridine rings is 1. The van der Waals surface area contributed by atoms with Crippen LogP contribution in [-0.2, 0) is 16.2 Å². The number of nitrogens with zero attached hydrogens (tertiary/aromatic N) is 4. The second-order valence-electron chi connectivity index (χ2n) is 25.2. The highest BCUT2D eigenvalue weighted by atomic mass is 16.5. The third-order valence-electron chi connectivity index (χ3n) is 16.0. The smallest absolute Gasteiger partial charge is 0.269 e. The fraction of sp³-hybridized carbons (Fsp3) is 0.153. The molecule has 11 aromatic carbocycles. The number of ether oxygens (including phenoxy) is 1. The molecule has 0 fully saturated rings. The molecular formula is C85H74N4O. The molecule has 0 bridgehead atoms. The Balaban J connectivity index is 1.08. The van der Waals surface area contributed by atoms with Crippen LogP contribution in [0.1, 0.15) is 120 Å². The largest absolute Gasteiger partial charge is 0.458 e. The number of fused-ring (bicyclic) bond motifs is 4. The van der Waals surface area contributed by atoms with E-state index in [0.29, 0.717) is 38.8 Å². The zero-order valence-corrected chi connectivity index (χ0v) is 50.8. The molecule has 0 saturated carbocycles. The van der Waals surface area contributed by atoms with Crippen LogP contribution in [0.4, 0.5) is 0 Å². The van der Waals surface area contributed by atoms with E-state index >= 15 is 0 Å². The molecule has 0 aliphatic rings. The number of hydrogen-bond acceptors (Lipinski definition) is 2. The molecule has 440 valence electrons. The Morgan fingerprint density at radius 3 is 1.59 bits per heavy atom. The monoisotopic (exact) mass is 1190 g/mol. The van der Waals surface area contributed by atoms with Crippen LogP contribution in [0.5, 0.6) is 11.5 Å². The van der Waals surface area contributed by atoms with Crippen molar-refractivity contribution >= 4 is 32.8 Å². The molecule has 0 N–H and O–H groups in total. The molecule has 0 radical (unpaired) electrons. The molecule has 3 aromatic heterocycles. The van der Waals surface area contributed by atoms with Crippen LogP contribution < -0.4 is 9.30 Å². The van der Waals surface area contributed by atoms with Gasteiger partial charge in [0.2, 0.25) is 0 Å². The lowest BCUT2D eigenvalue weighted by Crippen LogP contribution is -2.32. The van der Waals surface area contributed by atoms with Crippen LogP contribution in [0.25, 0.3) is 117 Å². The number of hydrogen-bond donors (Lipinski definition) is 0. The van der Waals surface area contributed by atoms with Crippen molar-refractivity contribution in [2.75, 3.05) is 0 Å². The van der Waals surface area contributed by atoms with Gasteiger partial charge in [0, 0.05) is 32.7 Å². The van der Waals surface area contributed by atoms with Crippen molar-refractivity contribution in [2.45, 2.75) is 85.4 Å².